The number of para-hydroxylation sites is 2. The van der Waals surface area contributed by atoms with Crippen LogP contribution >= 0.6 is 0 Å². The second-order valence-corrected chi connectivity index (χ2v) is 6.63. The van der Waals surface area contributed by atoms with Crippen molar-refractivity contribution in [1.82, 2.24) is 14.1 Å². The number of Topliss-reactive ketones (excluding diaryl/α,β-unsaturated/α-hetero) is 1. The molecule has 6 nitrogen and oxygen atoms in total. The van der Waals surface area contributed by atoms with Gasteiger partial charge >= 0.3 is 6.55 Å². The molecule has 0 fully saturated rings. The third kappa shape index (κ3) is 3.96. The largest absolute Gasteiger partial charge is 0.387 e. The number of alkyl halides is 2. The SMILES string of the molecule is C=CCn1c(C)cc(C(=O)CO/N=C(/C)c2nc3ccccc3n2C(F)F)c1C. The maximum atomic E-state index is 13.5. The lowest BCUT2D eigenvalue weighted by Crippen LogP contribution is -2.12. The molecule has 0 amide bonds. The number of carbonyl (C=O) groups is 1. The van der Waals surface area contributed by atoms with Gasteiger partial charge in [-0.2, -0.15) is 8.78 Å². The Hall–Kier alpha value is -3.29. The molecule has 2 heterocycles. The summed E-state index contributed by atoms with van der Waals surface area (Å²) in [6.45, 7) is 6.51. The van der Waals surface area contributed by atoms with E-state index in [2.05, 4.69) is 16.7 Å². The Morgan fingerprint density at radius 2 is 2.07 bits per heavy atom. The Balaban J connectivity index is 1.78. The topological polar surface area (TPSA) is 61.4 Å². The Morgan fingerprint density at radius 3 is 2.76 bits per heavy atom. The summed E-state index contributed by atoms with van der Waals surface area (Å²) in [6.07, 6.45) is 1.76. The summed E-state index contributed by atoms with van der Waals surface area (Å²) in [6, 6.07) is 8.39. The number of hydrogen-bond donors (Lipinski definition) is 0. The first kappa shape index (κ1) is 20.4. The molecule has 8 heteroatoms. The van der Waals surface area contributed by atoms with E-state index in [0.717, 1.165) is 16.0 Å². The highest BCUT2D eigenvalue weighted by Gasteiger charge is 2.20. The van der Waals surface area contributed by atoms with E-state index in [4.69, 9.17) is 4.84 Å². The maximum Gasteiger partial charge on any atom is 0.320 e. The lowest BCUT2D eigenvalue weighted by molar-refractivity contribution is 0.0724. The van der Waals surface area contributed by atoms with Gasteiger partial charge in [0.05, 0.1) is 11.0 Å². The van der Waals surface area contributed by atoms with Crippen molar-refractivity contribution in [1.29, 1.82) is 0 Å². The number of oxime groups is 1. The van der Waals surface area contributed by atoms with Crippen LogP contribution in [0.1, 0.15) is 41.0 Å². The second kappa shape index (κ2) is 8.38. The number of imidazole rings is 1. The van der Waals surface area contributed by atoms with Crippen LogP contribution in [-0.2, 0) is 11.4 Å². The van der Waals surface area contributed by atoms with Gasteiger partial charge in [0.25, 0.3) is 0 Å². The molecule has 0 aliphatic carbocycles. The van der Waals surface area contributed by atoms with Crippen molar-refractivity contribution < 1.29 is 18.4 Å². The normalized spacial score (nSPS) is 12.0. The van der Waals surface area contributed by atoms with Crippen molar-refractivity contribution in [2.75, 3.05) is 6.61 Å². The fourth-order valence-electron chi connectivity index (χ4n) is 3.30. The zero-order chi connectivity index (χ0) is 21.1. The molecule has 0 N–H and O–H groups in total. The molecular formula is C21H22F2N4O2. The molecule has 0 spiro atoms. The molecular weight excluding hydrogens is 378 g/mol. The molecule has 0 unspecified atom stereocenters. The summed E-state index contributed by atoms with van der Waals surface area (Å²) >= 11 is 0. The number of hydrogen-bond acceptors (Lipinski definition) is 4. The zero-order valence-electron chi connectivity index (χ0n) is 16.5. The molecule has 2 aromatic heterocycles. The smallest absolute Gasteiger partial charge is 0.320 e. The van der Waals surface area contributed by atoms with E-state index in [1.54, 1.807) is 36.4 Å². The molecule has 0 atom stereocenters. The summed E-state index contributed by atoms with van der Waals surface area (Å²) in [5.74, 6) is -0.245. The van der Waals surface area contributed by atoms with Crippen molar-refractivity contribution in [2.45, 2.75) is 33.9 Å². The van der Waals surface area contributed by atoms with E-state index in [9.17, 15) is 13.6 Å². The molecule has 3 aromatic rings. The van der Waals surface area contributed by atoms with E-state index in [0.29, 0.717) is 23.1 Å². The van der Waals surface area contributed by atoms with Gasteiger partial charge in [-0.25, -0.2) is 4.98 Å². The summed E-state index contributed by atoms with van der Waals surface area (Å²) in [4.78, 5) is 21.9. The number of carbonyl (C=O) groups excluding carboxylic acids is 1. The highest BCUT2D eigenvalue weighted by atomic mass is 19.3. The molecule has 0 saturated heterocycles. The van der Waals surface area contributed by atoms with E-state index in [-0.39, 0.29) is 23.9 Å². The lowest BCUT2D eigenvalue weighted by Gasteiger charge is -2.07. The minimum atomic E-state index is -2.78. The lowest BCUT2D eigenvalue weighted by atomic mass is 10.2. The van der Waals surface area contributed by atoms with Gasteiger partial charge in [-0.15, -0.1) is 6.58 Å². The molecule has 0 bridgehead atoms. The third-order valence-corrected chi connectivity index (χ3v) is 4.70. The van der Waals surface area contributed by atoms with E-state index in [1.807, 2.05) is 18.4 Å². The molecule has 152 valence electrons. The molecule has 3 rings (SSSR count). The number of allylic oxidation sites excluding steroid dienone is 1. The van der Waals surface area contributed by atoms with Crippen LogP contribution in [0.4, 0.5) is 8.78 Å². The Morgan fingerprint density at radius 1 is 1.34 bits per heavy atom. The van der Waals surface area contributed by atoms with Crippen LogP contribution in [0.5, 0.6) is 0 Å². The van der Waals surface area contributed by atoms with E-state index < -0.39 is 6.55 Å². The van der Waals surface area contributed by atoms with Crippen LogP contribution < -0.4 is 0 Å². The van der Waals surface area contributed by atoms with Crippen LogP contribution in [-0.4, -0.2) is 32.2 Å². The quantitative estimate of drug-likeness (QED) is 0.239. The van der Waals surface area contributed by atoms with Crippen LogP contribution in [0, 0.1) is 13.8 Å². The monoisotopic (exact) mass is 400 g/mol. The summed E-state index contributed by atoms with van der Waals surface area (Å²) < 4.78 is 29.8. The maximum absolute atomic E-state index is 13.5. The fourth-order valence-corrected chi connectivity index (χ4v) is 3.30. The third-order valence-electron chi connectivity index (χ3n) is 4.70. The van der Waals surface area contributed by atoms with Crippen molar-refractivity contribution in [3.63, 3.8) is 0 Å². The van der Waals surface area contributed by atoms with Crippen molar-refractivity contribution in [3.8, 4) is 0 Å². The van der Waals surface area contributed by atoms with Gasteiger partial charge in [-0.1, -0.05) is 23.4 Å². The number of nitrogens with zero attached hydrogens (tertiary/aromatic N) is 4. The zero-order valence-corrected chi connectivity index (χ0v) is 16.5. The van der Waals surface area contributed by atoms with Crippen LogP contribution in [0.25, 0.3) is 11.0 Å². The first-order valence-corrected chi connectivity index (χ1v) is 9.08. The number of aromatic nitrogens is 3. The standard InChI is InChI=1S/C21H22F2N4O2/c1-5-10-26-13(2)11-16(15(26)4)19(28)12-29-25-14(3)20-24-17-8-6-7-9-18(17)27(20)21(22)23/h5-9,11,21H,1,10,12H2,2-4H3/b25-14-. The van der Waals surface area contributed by atoms with Crippen LogP contribution in [0.3, 0.4) is 0 Å². The van der Waals surface area contributed by atoms with Crippen molar-refractivity contribution in [3.05, 3.63) is 65.8 Å². The highest BCUT2D eigenvalue weighted by molar-refractivity contribution is 5.99. The minimum Gasteiger partial charge on any atom is -0.387 e. The average molecular weight is 400 g/mol. The summed E-state index contributed by atoms with van der Waals surface area (Å²) in [5.41, 5.74) is 3.19. The van der Waals surface area contributed by atoms with Gasteiger partial charge in [0, 0.05) is 23.5 Å². The molecule has 0 saturated carbocycles. The summed E-state index contributed by atoms with van der Waals surface area (Å²) in [5, 5.41) is 3.85. The predicted octanol–water partition coefficient (Wildman–Crippen LogP) is 4.66. The molecule has 0 radical (unpaired) electrons. The molecule has 29 heavy (non-hydrogen) atoms. The van der Waals surface area contributed by atoms with Gasteiger partial charge in [0.15, 0.2) is 12.4 Å². The minimum absolute atomic E-state index is 0.00203. The van der Waals surface area contributed by atoms with Crippen molar-refractivity contribution >= 4 is 22.5 Å². The Labute approximate surface area is 167 Å². The Bertz CT molecular complexity index is 1100. The average Bonchev–Trinajstić information content (AvgIpc) is 3.21. The highest BCUT2D eigenvalue weighted by Crippen LogP contribution is 2.23. The number of benzene rings is 1. The Kier molecular flexibility index (Phi) is 5.91. The predicted molar refractivity (Wildman–Crippen MR) is 108 cm³/mol. The van der Waals surface area contributed by atoms with Gasteiger partial charge in [-0.05, 0) is 39.0 Å². The number of fused-ring (bicyclic) bond motifs is 1. The van der Waals surface area contributed by atoms with E-state index in [1.165, 1.54) is 6.92 Å². The van der Waals surface area contributed by atoms with Gasteiger partial charge in [0.1, 0.15) is 5.71 Å². The summed E-state index contributed by atoms with van der Waals surface area (Å²) in [7, 11) is 0. The van der Waals surface area contributed by atoms with E-state index >= 15 is 0 Å². The second-order valence-electron chi connectivity index (χ2n) is 6.63. The van der Waals surface area contributed by atoms with Gasteiger partial charge in [-0.3, -0.25) is 9.36 Å². The number of rotatable bonds is 8. The van der Waals surface area contributed by atoms with Gasteiger partial charge < -0.3 is 9.40 Å². The van der Waals surface area contributed by atoms with Crippen LogP contribution in [0.15, 0.2) is 48.1 Å². The van der Waals surface area contributed by atoms with Gasteiger partial charge in [0.2, 0.25) is 5.78 Å². The number of ketones is 1. The molecule has 1 aromatic carbocycles. The van der Waals surface area contributed by atoms with Crippen LogP contribution in [0.2, 0.25) is 0 Å². The molecule has 0 aliphatic rings. The van der Waals surface area contributed by atoms with Crippen molar-refractivity contribution in [2.24, 2.45) is 5.16 Å². The number of halogens is 2. The first-order chi connectivity index (χ1) is 13.8. The first-order valence-electron chi connectivity index (χ1n) is 9.08. The number of aryl methyl sites for hydroxylation is 1. The molecule has 0 aliphatic heterocycles. The fraction of sp³-hybridized carbons (Fsp3) is 0.286.